The monoisotopic (exact) mass is 182 g/mol. The van der Waals surface area contributed by atoms with Gasteiger partial charge in [0.05, 0.1) is 2.74 Å². The van der Waals surface area contributed by atoms with Gasteiger partial charge in [-0.05, 0) is 11.1 Å². The van der Waals surface area contributed by atoms with Crippen molar-refractivity contribution in [3.63, 3.8) is 0 Å². The van der Waals surface area contributed by atoms with Gasteiger partial charge in [-0.15, -0.1) is 0 Å². The van der Waals surface area contributed by atoms with E-state index in [9.17, 15) is 0 Å². The van der Waals surface area contributed by atoms with E-state index in [1.165, 1.54) is 0 Å². The Morgan fingerprint density at radius 3 is 2.21 bits per heavy atom. The lowest BCUT2D eigenvalue weighted by Crippen LogP contribution is -1.70. The lowest BCUT2D eigenvalue weighted by Gasteiger charge is -1.92. The quantitative estimate of drug-likeness (QED) is 0.619. The Bertz CT molecular complexity index is 484. The molecule has 68 valence electrons. The highest BCUT2D eigenvalue weighted by Crippen LogP contribution is 2.06. The fourth-order valence-corrected chi connectivity index (χ4v) is 1.20. The van der Waals surface area contributed by atoms with Gasteiger partial charge in [-0.1, -0.05) is 72.8 Å². The Morgan fingerprint density at radius 2 is 1.50 bits per heavy atom. The molecule has 0 aliphatic carbocycles. The second-order valence-corrected chi connectivity index (χ2v) is 2.99. The van der Waals surface area contributed by atoms with Crippen LogP contribution in [0.15, 0.2) is 60.6 Å². The maximum Gasteiger partial charge on any atom is 0.0629 e. The van der Waals surface area contributed by atoms with Gasteiger partial charge >= 0.3 is 0 Å². The maximum absolute atomic E-state index is 7.92. The van der Waals surface area contributed by atoms with Gasteiger partial charge < -0.3 is 0 Å². The van der Waals surface area contributed by atoms with E-state index < -0.39 is 0 Å². The van der Waals surface area contributed by atoms with Gasteiger partial charge in [0.1, 0.15) is 0 Å². The summed E-state index contributed by atoms with van der Waals surface area (Å²) in [7, 11) is 0. The third-order valence-corrected chi connectivity index (χ3v) is 1.92. The molecule has 0 atom stereocenters. The Balaban J connectivity index is 2.28. The van der Waals surface area contributed by atoms with Crippen molar-refractivity contribution in [1.82, 2.24) is 0 Å². The third-order valence-electron chi connectivity index (χ3n) is 1.92. The predicted octanol–water partition coefficient (Wildman–Crippen LogP) is 3.86. The van der Waals surface area contributed by atoms with Gasteiger partial charge in [0.2, 0.25) is 0 Å². The molecule has 2 aromatic rings. The summed E-state index contributed by atoms with van der Waals surface area (Å²) in [6.07, 6.45) is 1.80. The highest BCUT2D eigenvalue weighted by molar-refractivity contribution is 5.69. The molecule has 0 heterocycles. The fraction of sp³-hybridized carbons (Fsp3) is 0. The lowest BCUT2D eigenvalue weighted by atomic mass is 10.1. The summed E-state index contributed by atoms with van der Waals surface area (Å²) in [6, 6.07) is 17.7. The van der Waals surface area contributed by atoms with Crippen LogP contribution in [0.25, 0.3) is 12.1 Å². The third kappa shape index (κ3) is 2.33. The van der Waals surface area contributed by atoms with Gasteiger partial charge in [-0.3, -0.25) is 0 Å². The van der Waals surface area contributed by atoms with Gasteiger partial charge in [0.25, 0.3) is 0 Å². The summed E-state index contributed by atoms with van der Waals surface area (Å²) in [4.78, 5) is 0. The molecule has 0 spiro atoms. The van der Waals surface area contributed by atoms with Crippen LogP contribution in [0.3, 0.4) is 0 Å². The zero-order valence-electron chi connectivity index (χ0n) is 9.77. The summed E-state index contributed by atoms with van der Waals surface area (Å²) in [6.45, 7) is 0. The van der Waals surface area contributed by atoms with Crippen LogP contribution in [0.4, 0.5) is 0 Å². The number of hydrogen-bond donors (Lipinski definition) is 0. The first kappa shape index (κ1) is 6.61. The molecule has 0 fully saturated rings. The fourth-order valence-electron chi connectivity index (χ4n) is 1.20. The molecule has 14 heavy (non-hydrogen) atoms. The Labute approximate surface area is 87.3 Å². The molecular formula is C14H12. The molecule has 0 amide bonds. The van der Waals surface area contributed by atoms with Gasteiger partial charge in [0, 0.05) is 0 Å². The molecule has 2 aromatic carbocycles. The Kier molecular flexibility index (Phi) is 2.09. The number of rotatable bonds is 2. The van der Waals surface area contributed by atoms with Crippen molar-refractivity contribution in [1.29, 1.82) is 0 Å². The zero-order chi connectivity index (χ0) is 11.4. The van der Waals surface area contributed by atoms with Crippen LogP contribution in [0, 0.1) is 0 Å². The summed E-state index contributed by atoms with van der Waals surface area (Å²) in [5, 5.41) is 0. The molecule has 0 bridgehead atoms. The maximum atomic E-state index is 7.92. The summed E-state index contributed by atoms with van der Waals surface area (Å²) in [5.41, 5.74) is 1.85. The molecule has 0 aromatic heterocycles. The van der Waals surface area contributed by atoms with E-state index in [2.05, 4.69) is 0 Å². The van der Waals surface area contributed by atoms with E-state index in [0.717, 1.165) is 11.1 Å². The normalized spacial score (nSPS) is 13.3. The van der Waals surface area contributed by atoms with E-state index in [1.54, 1.807) is 18.2 Å². The molecule has 0 aliphatic rings. The lowest BCUT2D eigenvalue weighted by molar-refractivity contribution is 1.65. The molecule has 0 N–H and O–H groups in total. The van der Waals surface area contributed by atoms with Crippen LogP contribution in [-0.2, 0) is 0 Å². The van der Waals surface area contributed by atoms with Crippen LogP contribution in [0.1, 0.15) is 13.9 Å². The minimum Gasteiger partial charge on any atom is -0.0622 e. The van der Waals surface area contributed by atoms with Crippen molar-refractivity contribution in [2.45, 2.75) is 0 Å². The van der Waals surface area contributed by atoms with Gasteiger partial charge in [0.15, 0.2) is 0 Å². The van der Waals surface area contributed by atoms with Crippen molar-refractivity contribution in [2.24, 2.45) is 0 Å². The van der Waals surface area contributed by atoms with Crippen LogP contribution >= 0.6 is 0 Å². The molecule has 0 radical (unpaired) electrons. The first-order valence-electron chi connectivity index (χ1n) is 5.56. The standard InChI is InChI=1S/C14H12/c1-3-7-13(8-4-1)11-12-14-9-5-2-6-10-14/h1-12H/b12-11-/i1D,12D. The SMILES string of the molecule is [2H]/C(=C/c1ccc([2H])cc1)c1ccccc1. The minimum atomic E-state index is 0.485. The first-order valence-corrected chi connectivity index (χ1v) is 4.56. The van der Waals surface area contributed by atoms with E-state index in [1.807, 2.05) is 42.5 Å². The van der Waals surface area contributed by atoms with Crippen LogP contribution in [0.2, 0.25) is 0 Å². The summed E-state index contributed by atoms with van der Waals surface area (Å²) >= 11 is 0. The van der Waals surface area contributed by atoms with Crippen molar-refractivity contribution < 1.29 is 2.74 Å². The van der Waals surface area contributed by atoms with Crippen LogP contribution in [0.5, 0.6) is 0 Å². The zero-order valence-corrected chi connectivity index (χ0v) is 7.77. The molecule has 0 unspecified atom stereocenters. The van der Waals surface area contributed by atoms with Gasteiger partial charge in [-0.25, -0.2) is 0 Å². The Hall–Kier alpha value is -1.82. The molecule has 0 aliphatic heterocycles. The van der Waals surface area contributed by atoms with Crippen molar-refractivity contribution in [3.05, 3.63) is 71.8 Å². The average molecular weight is 182 g/mol. The molecule has 2 rings (SSSR count). The highest BCUT2D eigenvalue weighted by atomic mass is 13.9. The number of hydrogen-bond acceptors (Lipinski definition) is 0. The van der Waals surface area contributed by atoms with E-state index in [0.29, 0.717) is 12.1 Å². The van der Waals surface area contributed by atoms with Crippen LogP contribution in [-0.4, -0.2) is 0 Å². The predicted molar refractivity (Wildman–Crippen MR) is 61.8 cm³/mol. The minimum absolute atomic E-state index is 0.485. The summed E-state index contributed by atoms with van der Waals surface area (Å²) < 4.78 is 15.3. The van der Waals surface area contributed by atoms with Crippen molar-refractivity contribution >= 4 is 12.1 Å². The van der Waals surface area contributed by atoms with Crippen molar-refractivity contribution in [3.8, 4) is 0 Å². The van der Waals surface area contributed by atoms with E-state index >= 15 is 0 Å². The first-order chi connectivity index (χ1) is 7.75. The Morgan fingerprint density at radius 1 is 0.857 bits per heavy atom. The molecule has 0 nitrogen and oxygen atoms in total. The average Bonchev–Trinajstić information content (AvgIpc) is 2.33. The smallest absolute Gasteiger partial charge is 0.0622 e. The number of benzene rings is 2. The summed E-state index contributed by atoms with van der Waals surface area (Å²) in [5.74, 6) is 0. The van der Waals surface area contributed by atoms with E-state index in [4.69, 9.17) is 2.74 Å². The second kappa shape index (κ2) is 4.43. The second-order valence-electron chi connectivity index (χ2n) is 2.99. The molecule has 0 saturated carbocycles. The highest BCUT2D eigenvalue weighted by Gasteiger charge is 1.84. The van der Waals surface area contributed by atoms with Gasteiger partial charge in [-0.2, -0.15) is 0 Å². The molecular weight excluding hydrogens is 168 g/mol. The largest absolute Gasteiger partial charge is 0.0629 e. The van der Waals surface area contributed by atoms with E-state index in [-0.39, 0.29) is 0 Å². The molecule has 0 heteroatoms. The van der Waals surface area contributed by atoms with Crippen LogP contribution < -0.4 is 0 Å². The molecule has 0 saturated heterocycles. The topological polar surface area (TPSA) is 0 Å². The van der Waals surface area contributed by atoms with Crippen molar-refractivity contribution in [2.75, 3.05) is 0 Å².